The SMILES string of the molecule is CCN(CCO)C(=O)CCc1c(C)nn(CCC#N)c1C. The van der Waals surface area contributed by atoms with Gasteiger partial charge in [-0.05, 0) is 32.8 Å². The van der Waals surface area contributed by atoms with Crippen molar-refractivity contribution in [3.05, 3.63) is 17.0 Å². The predicted molar refractivity (Wildman–Crippen MR) is 79.6 cm³/mol. The molecule has 0 unspecified atom stereocenters. The van der Waals surface area contributed by atoms with Gasteiger partial charge in [-0.25, -0.2) is 0 Å². The molecule has 1 rings (SSSR count). The molecule has 6 nitrogen and oxygen atoms in total. The van der Waals surface area contributed by atoms with Crippen molar-refractivity contribution >= 4 is 5.91 Å². The van der Waals surface area contributed by atoms with Crippen molar-refractivity contribution in [2.45, 2.75) is 46.6 Å². The minimum absolute atomic E-state index is 0.0102. The number of aryl methyl sites for hydroxylation is 2. The zero-order valence-corrected chi connectivity index (χ0v) is 13.1. The molecule has 21 heavy (non-hydrogen) atoms. The second kappa shape index (κ2) is 8.42. The highest BCUT2D eigenvalue weighted by atomic mass is 16.3. The molecule has 1 amide bonds. The largest absolute Gasteiger partial charge is 0.395 e. The van der Waals surface area contributed by atoms with Gasteiger partial charge in [-0.3, -0.25) is 9.48 Å². The molecule has 1 N–H and O–H groups in total. The van der Waals surface area contributed by atoms with E-state index in [2.05, 4.69) is 11.2 Å². The van der Waals surface area contributed by atoms with Crippen LogP contribution in [0.5, 0.6) is 0 Å². The summed E-state index contributed by atoms with van der Waals surface area (Å²) in [6, 6.07) is 2.11. The molecule has 0 bridgehead atoms. The van der Waals surface area contributed by atoms with Crippen LogP contribution in [-0.2, 0) is 17.8 Å². The van der Waals surface area contributed by atoms with Gasteiger partial charge in [0.15, 0.2) is 0 Å². The molecule has 0 saturated heterocycles. The number of likely N-dealkylation sites (N-methyl/N-ethyl adjacent to an activating group) is 1. The Kier molecular flexibility index (Phi) is 6.89. The third kappa shape index (κ3) is 4.57. The molecule has 0 radical (unpaired) electrons. The average molecular weight is 292 g/mol. The summed E-state index contributed by atoms with van der Waals surface area (Å²) in [4.78, 5) is 13.7. The summed E-state index contributed by atoms with van der Waals surface area (Å²) in [7, 11) is 0. The lowest BCUT2D eigenvalue weighted by atomic mass is 10.1. The van der Waals surface area contributed by atoms with Crippen LogP contribution < -0.4 is 0 Å². The average Bonchev–Trinajstić information content (AvgIpc) is 2.74. The quantitative estimate of drug-likeness (QED) is 0.780. The molecule has 0 aliphatic rings. The van der Waals surface area contributed by atoms with E-state index < -0.39 is 0 Å². The Morgan fingerprint density at radius 1 is 1.48 bits per heavy atom. The summed E-state index contributed by atoms with van der Waals surface area (Å²) >= 11 is 0. The Morgan fingerprint density at radius 3 is 2.76 bits per heavy atom. The van der Waals surface area contributed by atoms with E-state index in [4.69, 9.17) is 10.4 Å². The molecule has 0 aliphatic carbocycles. The van der Waals surface area contributed by atoms with E-state index in [0.29, 0.717) is 38.9 Å². The van der Waals surface area contributed by atoms with E-state index >= 15 is 0 Å². The number of rotatable bonds is 8. The topological polar surface area (TPSA) is 82.2 Å². The molecule has 0 fully saturated rings. The van der Waals surface area contributed by atoms with Crippen LogP contribution in [0.3, 0.4) is 0 Å². The first-order chi connectivity index (χ1) is 10.0. The van der Waals surface area contributed by atoms with Crippen molar-refractivity contribution in [3.8, 4) is 6.07 Å². The molecule has 0 spiro atoms. The van der Waals surface area contributed by atoms with E-state index in [1.165, 1.54) is 0 Å². The molecule has 0 aromatic carbocycles. The zero-order valence-electron chi connectivity index (χ0n) is 13.1. The summed E-state index contributed by atoms with van der Waals surface area (Å²) in [5.41, 5.74) is 3.03. The van der Waals surface area contributed by atoms with Crippen LogP contribution in [0.2, 0.25) is 0 Å². The molecular formula is C15H24N4O2. The van der Waals surface area contributed by atoms with Gasteiger partial charge in [0.1, 0.15) is 0 Å². The molecule has 1 aromatic heterocycles. The van der Waals surface area contributed by atoms with Crippen LogP contribution in [0.25, 0.3) is 0 Å². The summed E-state index contributed by atoms with van der Waals surface area (Å²) in [5, 5.41) is 22.0. The van der Waals surface area contributed by atoms with E-state index in [1.807, 2.05) is 25.5 Å². The molecular weight excluding hydrogens is 268 g/mol. The number of nitriles is 1. The zero-order chi connectivity index (χ0) is 15.8. The number of nitrogens with zero attached hydrogens (tertiary/aromatic N) is 4. The Labute approximate surface area is 126 Å². The van der Waals surface area contributed by atoms with Gasteiger partial charge in [0, 0.05) is 25.2 Å². The highest BCUT2D eigenvalue weighted by Crippen LogP contribution is 2.16. The molecule has 116 valence electrons. The first-order valence-corrected chi connectivity index (χ1v) is 7.33. The Balaban J connectivity index is 2.69. The third-order valence-electron chi connectivity index (χ3n) is 3.66. The maximum atomic E-state index is 12.1. The fourth-order valence-corrected chi connectivity index (χ4v) is 2.44. The first-order valence-electron chi connectivity index (χ1n) is 7.33. The van der Waals surface area contributed by atoms with Gasteiger partial charge >= 0.3 is 0 Å². The Bertz CT molecular complexity index is 516. The smallest absolute Gasteiger partial charge is 0.222 e. The second-order valence-electron chi connectivity index (χ2n) is 4.98. The number of carbonyl (C=O) groups is 1. The van der Waals surface area contributed by atoms with E-state index in [0.717, 1.165) is 17.0 Å². The van der Waals surface area contributed by atoms with Crippen molar-refractivity contribution < 1.29 is 9.90 Å². The van der Waals surface area contributed by atoms with E-state index in [9.17, 15) is 4.79 Å². The van der Waals surface area contributed by atoms with Crippen molar-refractivity contribution in [2.24, 2.45) is 0 Å². The minimum Gasteiger partial charge on any atom is -0.395 e. The fraction of sp³-hybridized carbons (Fsp3) is 0.667. The monoisotopic (exact) mass is 292 g/mol. The molecule has 6 heteroatoms. The normalized spacial score (nSPS) is 10.4. The van der Waals surface area contributed by atoms with Gasteiger partial charge in [0.2, 0.25) is 5.91 Å². The van der Waals surface area contributed by atoms with Gasteiger partial charge in [0.25, 0.3) is 0 Å². The lowest BCUT2D eigenvalue weighted by Gasteiger charge is -2.19. The maximum absolute atomic E-state index is 12.1. The van der Waals surface area contributed by atoms with Crippen LogP contribution in [-0.4, -0.2) is 45.4 Å². The van der Waals surface area contributed by atoms with Gasteiger partial charge in [0.05, 0.1) is 31.3 Å². The van der Waals surface area contributed by atoms with Gasteiger partial charge in [-0.15, -0.1) is 0 Å². The van der Waals surface area contributed by atoms with Crippen LogP contribution >= 0.6 is 0 Å². The number of aliphatic hydroxyl groups is 1. The number of hydrogen-bond donors (Lipinski definition) is 1. The highest BCUT2D eigenvalue weighted by Gasteiger charge is 2.15. The molecule has 0 atom stereocenters. The second-order valence-corrected chi connectivity index (χ2v) is 4.98. The predicted octanol–water partition coefficient (Wildman–Crippen LogP) is 1.19. The standard InChI is InChI=1S/C15H24N4O2/c1-4-18(10-11-20)15(21)7-6-14-12(2)17-19(13(14)3)9-5-8-16/h20H,4-7,9-11H2,1-3H3. The molecule has 0 aliphatic heterocycles. The number of hydrogen-bond acceptors (Lipinski definition) is 4. The Hall–Kier alpha value is -1.87. The third-order valence-corrected chi connectivity index (χ3v) is 3.66. The van der Waals surface area contributed by atoms with Crippen LogP contribution in [0.1, 0.15) is 36.7 Å². The molecule has 1 aromatic rings. The number of amides is 1. The summed E-state index contributed by atoms with van der Waals surface area (Å²) < 4.78 is 1.84. The highest BCUT2D eigenvalue weighted by molar-refractivity contribution is 5.76. The number of carbonyl (C=O) groups excluding carboxylic acids is 1. The fourth-order valence-electron chi connectivity index (χ4n) is 2.44. The number of aromatic nitrogens is 2. The lowest BCUT2D eigenvalue weighted by Crippen LogP contribution is -2.33. The summed E-state index contributed by atoms with van der Waals surface area (Å²) in [6.45, 7) is 7.38. The van der Waals surface area contributed by atoms with Gasteiger partial charge < -0.3 is 10.0 Å². The molecule has 0 saturated carbocycles. The summed E-state index contributed by atoms with van der Waals surface area (Å²) in [6.07, 6.45) is 1.49. The number of aliphatic hydroxyl groups excluding tert-OH is 1. The lowest BCUT2D eigenvalue weighted by molar-refractivity contribution is -0.131. The van der Waals surface area contributed by atoms with Crippen molar-refractivity contribution in [2.75, 3.05) is 19.7 Å². The van der Waals surface area contributed by atoms with Gasteiger partial charge in [-0.1, -0.05) is 0 Å². The van der Waals surface area contributed by atoms with Crippen molar-refractivity contribution in [3.63, 3.8) is 0 Å². The maximum Gasteiger partial charge on any atom is 0.222 e. The van der Waals surface area contributed by atoms with E-state index in [-0.39, 0.29) is 12.5 Å². The van der Waals surface area contributed by atoms with Crippen molar-refractivity contribution in [1.29, 1.82) is 5.26 Å². The Morgan fingerprint density at radius 2 is 2.19 bits per heavy atom. The van der Waals surface area contributed by atoms with Crippen LogP contribution in [0, 0.1) is 25.2 Å². The molecule has 1 heterocycles. The van der Waals surface area contributed by atoms with Crippen molar-refractivity contribution in [1.82, 2.24) is 14.7 Å². The van der Waals surface area contributed by atoms with E-state index in [1.54, 1.807) is 4.90 Å². The first kappa shape index (κ1) is 17.2. The van der Waals surface area contributed by atoms with Gasteiger partial charge in [-0.2, -0.15) is 10.4 Å². The summed E-state index contributed by atoms with van der Waals surface area (Å²) in [5.74, 6) is 0.0510. The van der Waals surface area contributed by atoms with Crippen LogP contribution in [0.15, 0.2) is 0 Å². The minimum atomic E-state index is -0.0102. The van der Waals surface area contributed by atoms with Crippen LogP contribution in [0.4, 0.5) is 0 Å².